The van der Waals surface area contributed by atoms with E-state index in [1.54, 1.807) is 0 Å². The lowest BCUT2D eigenvalue weighted by atomic mass is 10.1. The highest BCUT2D eigenvalue weighted by molar-refractivity contribution is 6.04. The van der Waals surface area contributed by atoms with Crippen LogP contribution in [0.2, 0.25) is 0 Å². The molecule has 3 rings (SSSR count). The van der Waals surface area contributed by atoms with Crippen LogP contribution in [-0.2, 0) is 0 Å². The Labute approximate surface area is 101 Å². The Morgan fingerprint density at radius 1 is 0.941 bits per heavy atom. The monoisotopic (exact) mass is 224 g/mol. The molecule has 1 heterocycles. The summed E-state index contributed by atoms with van der Waals surface area (Å²) in [5, 5.41) is 6.01. The zero-order valence-electron chi connectivity index (χ0n) is 9.82. The second-order valence-electron chi connectivity index (χ2n) is 4.44. The van der Waals surface area contributed by atoms with Gasteiger partial charge in [0.25, 0.3) is 0 Å². The summed E-state index contributed by atoms with van der Waals surface area (Å²) in [5.41, 5.74) is 1.17. The van der Waals surface area contributed by atoms with Gasteiger partial charge in [0, 0.05) is 24.0 Å². The van der Waals surface area contributed by atoms with E-state index in [0.29, 0.717) is 0 Å². The highest BCUT2D eigenvalue weighted by atomic mass is 15.0. The van der Waals surface area contributed by atoms with Crippen LogP contribution in [0.1, 0.15) is 19.3 Å². The number of aliphatic imine (C=N–C) groups is 1. The second kappa shape index (κ2) is 4.58. The maximum absolute atomic E-state index is 4.54. The zero-order chi connectivity index (χ0) is 11.5. The quantitative estimate of drug-likeness (QED) is 0.782. The first-order valence-corrected chi connectivity index (χ1v) is 6.21. The Kier molecular flexibility index (Phi) is 2.78. The lowest BCUT2D eigenvalue weighted by Crippen LogP contribution is -2.16. The molecule has 0 aliphatic carbocycles. The third kappa shape index (κ3) is 2.16. The molecule has 0 fully saturated rings. The molecule has 0 amide bonds. The summed E-state index contributed by atoms with van der Waals surface area (Å²) in [7, 11) is 0. The summed E-state index contributed by atoms with van der Waals surface area (Å²) in [5.74, 6) is 1.13. The Balaban J connectivity index is 1.97. The fraction of sp³-hybridized carbons (Fsp3) is 0.267. The molecule has 17 heavy (non-hydrogen) atoms. The number of amidine groups is 1. The van der Waals surface area contributed by atoms with Crippen molar-refractivity contribution in [1.29, 1.82) is 0 Å². The van der Waals surface area contributed by atoms with Crippen molar-refractivity contribution in [2.75, 3.05) is 11.9 Å². The molecule has 0 bridgehead atoms. The molecule has 1 aliphatic heterocycles. The molecule has 86 valence electrons. The molecule has 0 radical (unpaired) electrons. The largest absolute Gasteiger partial charge is 0.344 e. The van der Waals surface area contributed by atoms with Crippen LogP contribution in [0, 0.1) is 0 Å². The maximum atomic E-state index is 4.54. The predicted octanol–water partition coefficient (Wildman–Crippen LogP) is 3.83. The van der Waals surface area contributed by atoms with Gasteiger partial charge in [0.05, 0.1) is 0 Å². The van der Waals surface area contributed by atoms with E-state index in [4.69, 9.17) is 0 Å². The summed E-state index contributed by atoms with van der Waals surface area (Å²) in [4.78, 5) is 4.54. The molecule has 0 atom stereocenters. The summed E-state index contributed by atoms with van der Waals surface area (Å²) >= 11 is 0. The van der Waals surface area contributed by atoms with Crippen LogP contribution in [0.4, 0.5) is 5.69 Å². The smallest absolute Gasteiger partial charge is 0.101 e. The SMILES string of the molecule is c1ccc2c(NC3=NCCCC3)cccc2c1. The topological polar surface area (TPSA) is 24.4 Å². The number of benzene rings is 2. The van der Waals surface area contributed by atoms with Crippen molar-refractivity contribution in [1.82, 2.24) is 0 Å². The van der Waals surface area contributed by atoms with Gasteiger partial charge in [0.1, 0.15) is 5.84 Å². The molecule has 2 heteroatoms. The summed E-state index contributed by atoms with van der Waals surface area (Å²) < 4.78 is 0. The first-order chi connectivity index (χ1) is 8.43. The lowest BCUT2D eigenvalue weighted by Gasteiger charge is -2.15. The minimum absolute atomic E-state index is 0.965. The van der Waals surface area contributed by atoms with E-state index in [-0.39, 0.29) is 0 Å². The van der Waals surface area contributed by atoms with Crippen LogP contribution < -0.4 is 5.32 Å². The van der Waals surface area contributed by atoms with Gasteiger partial charge in [-0.15, -0.1) is 0 Å². The molecular formula is C15H16N2. The second-order valence-corrected chi connectivity index (χ2v) is 4.44. The first-order valence-electron chi connectivity index (χ1n) is 6.21. The Morgan fingerprint density at radius 2 is 1.82 bits per heavy atom. The van der Waals surface area contributed by atoms with Gasteiger partial charge in [0.15, 0.2) is 0 Å². The van der Waals surface area contributed by atoms with Crippen molar-refractivity contribution >= 4 is 22.3 Å². The van der Waals surface area contributed by atoms with E-state index in [2.05, 4.69) is 52.8 Å². The van der Waals surface area contributed by atoms with Crippen molar-refractivity contribution in [2.24, 2.45) is 4.99 Å². The van der Waals surface area contributed by atoms with Gasteiger partial charge >= 0.3 is 0 Å². The predicted molar refractivity (Wildman–Crippen MR) is 73.7 cm³/mol. The Bertz CT molecular complexity index is 552. The minimum atomic E-state index is 0.965. The molecular weight excluding hydrogens is 208 g/mol. The van der Waals surface area contributed by atoms with Crippen molar-refractivity contribution in [3.05, 3.63) is 42.5 Å². The zero-order valence-corrected chi connectivity index (χ0v) is 9.82. The average molecular weight is 224 g/mol. The van der Waals surface area contributed by atoms with E-state index in [1.807, 2.05) is 0 Å². The van der Waals surface area contributed by atoms with E-state index in [9.17, 15) is 0 Å². The van der Waals surface area contributed by atoms with E-state index in [1.165, 1.54) is 29.3 Å². The molecule has 2 aromatic carbocycles. The lowest BCUT2D eigenvalue weighted by molar-refractivity contribution is 0.737. The third-order valence-electron chi connectivity index (χ3n) is 3.19. The molecule has 0 unspecified atom stereocenters. The fourth-order valence-electron chi connectivity index (χ4n) is 2.29. The highest BCUT2D eigenvalue weighted by Crippen LogP contribution is 2.23. The Morgan fingerprint density at radius 3 is 2.71 bits per heavy atom. The van der Waals surface area contributed by atoms with Crippen molar-refractivity contribution in [3.63, 3.8) is 0 Å². The summed E-state index contributed by atoms with van der Waals surface area (Å²) in [6, 6.07) is 14.8. The van der Waals surface area contributed by atoms with Crippen molar-refractivity contribution in [2.45, 2.75) is 19.3 Å². The first kappa shape index (κ1) is 10.3. The minimum Gasteiger partial charge on any atom is -0.344 e. The third-order valence-corrected chi connectivity index (χ3v) is 3.19. The van der Waals surface area contributed by atoms with Crippen LogP contribution in [0.25, 0.3) is 10.8 Å². The summed E-state index contributed by atoms with van der Waals surface area (Å²) in [6.07, 6.45) is 3.54. The number of rotatable bonds is 1. The van der Waals surface area contributed by atoms with Crippen LogP contribution in [-0.4, -0.2) is 12.4 Å². The summed E-state index contributed by atoms with van der Waals surface area (Å²) in [6.45, 7) is 0.965. The van der Waals surface area contributed by atoms with Gasteiger partial charge in [0.2, 0.25) is 0 Å². The molecule has 0 aromatic heterocycles. The normalized spacial score (nSPS) is 15.6. The number of nitrogens with zero attached hydrogens (tertiary/aromatic N) is 1. The maximum Gasteiger partial charge on any atom is 0.101 e. The van der Waals surface area contributed by atoms with Gasteiger partial charge < -0.3 is 5.32 Å². The molecule has 2 aromatic rings. The van der Waals surface area contributed by atoms with Gasteiger partial charge in [-0.2, -0.15) is 0 Å². The number of anilines is 1. The molecule has 0 spiro atoms. The van der Waals surface area contributed by atoms with Gasteiger partial charge in [-0.1, -0.05) is 36.4 Å². The number of fused-ring (bicyclic) bond motifs is 1. The number of hydrogen-bond acceptors (Lipinski definition) is 2. The van der Waals surface area contributed by atoms with Crippen molar-refractivity contribution in [3.8, 4) is 0 Å². The molecule has 0 saturated heterocycles. The van der Waals surface area contributed by atoms with Gasteiger partial charge in [-0.25, -0.2) is 0 Å². The van der Waals surface area contributed by atoms with Crippen LogP contribution in [0.5, 0.6) is 0 Å². The fourth-order valence-corrected chi connectivity index (χ4v) is 2.29. The number of hydrogen-bond donors (Lipinski definition) is 1. The average Bonchev–Trinajstić information content (AvgIpc) is 2.40. The molecule has 2 nitrogen and oxygen atoms in total. The van der Waals surface area contributed by atoms with Crippen LogP contribution in [0.15, 0.2) is 47.5 Å². The van der Waals surface area contributed by atoms with Crippen molar-refractivity contribution < 1.29 is 0 Å². The van der Waals surface area contributed by atoms with Crippen LogP contribution in [0.3, 0.4) is 0 Å². The van der Waals surface area contributed by atoms with Gasteiger partial charge in [-0.05, 0) is 24.3 Å². The van der Waals surface area contributed by atoms with Gasteiger partial charge in [-0.3, -0.25) is 4.99 Å². The highest BCUT2D eigenvalue weighted by Gasteiger charge is 2.06. The number of nitrogens with one attached hydrogen (secondary N) is 1. The van der Waals surface area contributed by atoms with E-state index >= 15 is 0 Å². The molecule has 1 aliphatic rings. The molecule has 0 saturated carbocycles. The Hall–Kier alpha value is -1.83. The molecule has 1 N–H and O–H groups in total. The standard InChI is InChI=1S/C15H16N2/c1-2-8-13-12(6-1)7-5-9-14(13)17-15-10-3-4-11-16-15/h1-2,5-9H,3-4,10-11H2,(H,16,17). The van der Waals surface area contributed by atoms with Crippen LogP contribution >= 0.6 is 0 Å². The van der Waals surface area contributed by atoms with E-state index < -0.39 is 0 Å². The van der Waals surface area contributed by atoms with E-state index in [0.717, 1.165) is 18.8 Å².